The average Bonchev–Trinajstić information content (AvgIpc) is 3.28. The first-order valence-electron chi connectivity index (χ1n) is 18.9. The molecule has 4 heteroatoms. The van der Waals surface area contributed by atoms with Crippen LogP contribution in [-0.4, -0.2) is 13.3 Å². The fourth-order valence-corrected chi connectivity index (χ4v) is 6.56. The molecule has 0 N–H and O–H groups in total. The van der Waals surface area contributed by atoms with Crippen molar-refractivity contribution in [2.24, 2.45) is 0 Å². The van der Waals surface area contributed by atoms with Crippen molar-refractivity contribution in [3.05, 3.63) is 257 Å². The van der Waals surface area contributed by atoms with E-state index in [0.29, 0.717) is 0 Å². The summed E-state index contributed by atoms with van der Waals surface area (Å²) in [7, 11) is 1.30. The van der Waals surface area contributed by atoms with Crippen molar-refractivity contribution >= 4 is 46.5 Å². The Hall–Kier alpha value is -7.43. The van der Waals surface area contributed by atoms with E-state index in [1.807, 2.05) is 48.5 Å². The topological polar surface area (TPSA) is 38.8 Å². The Morgan fingerprint density at radius 3 is 1.12 bits per heavy atom. The number of ether oxygens (including phenoxy) is 2. The van der Waals surface area contributed by atoms with Gasteiger partial charge in [0, 0.05) is 17.1 Å². The van der Waals surface area contributed by atoms with Crippen LogP contribution in [0.15, 0.2) is 218 Å². The maximum Gasteiger partial charge on any atom is 0.508 e. The Morgan fingerprint density at radius 2 is 0.789 bits per heavy atom. The smallest absolute Gasteiger partial charge is 0.438 e. The minimum absolute atomic E-state index is 0.129. The second-order valence-electron chi connectivity index (χ2n) is 13.3. The maximum atomic E-state index is 11.6. The van der Waals surface area contributed by atoms with E-state index in [-0.39, 0.29) is 6.61 Å². The summed E-state index contributed by atoms with van der Waals surface area (Å²) in [6.45, 7) is 0.129. The third-order valence-corrected chi connectivity index (χ3v) is 9.46. The first kappa shape index (κ1) is 37.9. The van der Waals surface area contributed by atoms with Crippen molar-refractivity contribution in [1.82, 2.24) is 0 Å². The van der Waals surface area contributed by atoms with Gasteiger partial charge in [0.25, 0.3) is 0 Å². The highest BCUT2D eigenvalue weighted by molar-refractivity contribution is 5.83. The van der Waals surface area contributed by atoms with Crippen LogP contribution < -0.4 is 4.90 Å². The highest BCUT2D eigenvalue weighted by atomic mass is 16.7. The molecular formula is C53H43NO3. The molecule has 7 rings (SSSR count). The summed E-state index contributed by atoms with van der Waals surface area (Å²) in [5.74, 6) is 0. The van der Waals surface area contributed by atoms with Crippen LogP contribution in [0.25, 0.3) is 23.3 Å². The lowest BCUT2D eigenvalue weighted by molar-refractivity contribution is 0.0669. The summed E-state index contributed by atoms with van der Waals surface area (Å²) in [4.78, 5) is 13.8. The zero-order valence-electron chi connectivity index (χ0n) is 31.8. The van der Waals surface area contributed by atoms with E-state index in [4.69, 9.17) is 4.74 Å². The van der Waals surface area contributed by atoms with E-state index >= 15 is 0 Å². The van der Waals surface area contributed by atoms with E-state index in [9.17, 15) is 4.79 Å². The number of anilines is 3. The summed E-state index contributed by atoms with van der Waals surface area (Å²) in [5, 5.41) is 0. The van der Waals surface area contributed by atoms with Crippen molar-refractivity contribution in [2.75, 3.05) is 12.0 Å². The van der Waals surface area contributed by atoms with E-state index in [1.54, 1.807) is 0 Å². The Balaban J connectivity index is 1.15. The summed E-state index contributed by atoms with van der Waals surface area (Å²) in [5.41, 5.74) is 13.0. The van der Waals surface area contributed by atoms with Crippen LogP contribution in [0.5, 0.6) is 0 Å². The van der Waals surface area contributed by atoms with Crippen molar-refractivity contribution in [2.45, 2.75) is 6.61 Å². The van der Waals surface area contributed by atoms with Gasteiger partial charge in [-0.25, -0.2) is 4.79 Å². The maximum absolute atomic E-state index is 11.6. The number of hydrogen-bond acceptors (Lipinski definition) is 4. The van der Waals surface area contributed by atoms with Gasteiger partial charge in [-0.2, -0.15) is 0 Å². The van der Waals surface area contributed by atoms with Gasteiger partial charge in [-0.15, -0.1) is 0 Å². The molecule has 0 aliphatic carbocycles. The monoisotopic (exact) mass is 741 g/mol. The zero-order valence-corrected chi connectivity index (χ0v) is 31.8. The molecule has 0 fully saturated rings. The number of carbonyl (C=O) groups is 1. The average molecular weight is 742 g/mol. The van der Waals surface area contributed by atoms with Crippen molar-refractivity contribution in [1.29, 1.82) is 0 Å². The number of rotatable bonds is 13. The molecule has 0 aromatic heterocycles. The normalized spacial score (nSPS) is 10.9. The Labute approximate surface area is 335 Å². The number of methoxy groups -OCH3 is 1. The van der Waals surface area contributed by atoms with Gasteiger partial charge in [0.1, 0.15) is 6.61 Å². The third-order valence-electron chi connectivity index (χ3n) is 9.46. The second-order valence-corrected chi connectivity index (χ2v) is 13.3. The molecule has 0 saturated carbocycles. The predicted molar refractivity (Wildman–Crippen MR) is 236 cm³/mol. The SMILES string of the molecule is COC(=O)OCc1ccc(N(c2ccc(/C=C/C=C(c3ccccc3)c3ccccc3)cc2)c2ccc(/C=C/C=C(c3ccccc3)c3ccccc3)cc2)cc1. The molecule has 7 aromatic carbocycles. The first-order chi connectivity index (χ1) is 28.1. The Bertz CT molecular complexity index is 2220. The summed E-state index contributed by atoms with van der Waals surface area (Å²) in [6, 6.07) is 67.0. The van der Waals surface area contributed by atoms with Crippen LogP contribution in [0.3, 0.4) is 0 Å². The fraction of sp³-hybridized carbons (Fsp3) is 0.0377. The summed E-state index contributed by atoms with van der Waals surface area (Å²) >= 11 is 0. The zero-order chi connectivity index (χ0) is 39.1. The largest absolute Gasteiger partial charge is 0.508 e. The van der Waals surface area contributed by atoms with Gasteiger partial charge >= 0.3 is 6.16 Å². The number of nitrogens with zero attached hydrogens (tertiary/aromatic N) is 1. The lowest BCUT2D eigenvalue weighted by atomic mass is 9.97. The number of hydrogen-bond donors (Lipinski definition) is 0. The lowest BCUT2D eigenvalue weighted by Crippen LogP contribution is -2.10. The predicted octanol–water partition coefficient (Wildman–Crippen LogP) is 13.7. The molecule has 57 heavy (non-hydrogen) atoms. The Morgan fingerprint density at radius 1 is 0.456 bits per heavy atom. The third kappa shape index (κ3) is 10.2. The van der Waals surface area contributed by atoms with E-state index in [2.05, 4.69) is 192 Å². The Kier molecular flexibility index (Phi) is 12.8. The molecule has 0 saturated heterocycles. The number of allylic oxidation sites excluding steroid dienone is 4. The molecule has 4 nitrogen and oxygen atoms in total. The van der Waals surface area contributed by atoms with Crippen LogP contribution >= 0.6 is 0 Å². The lowest BCUT2D eigenvalue weighted by Gasteiger charge is -2.26. The van der Waals surface area contributed by atoms with E-state index < -0.39 is 6.16 Å². The standard InChI is InChI=1S/C53H43NO3/c1-56-53(55)57-40-43-32-38-50(39-33-43)54(48-34-28-41(29-35-48)16-14-26-51(44-18-6-2-7-19-44)45-20-8-3-9-21-45)49-36-30-42(31-37-49)17-15-27-52(46-22-10-4-11-23-46)47-24-12-5-13-25-47/h2-39H,40H2,1H3/b16-14+,17-15+. The molecule has 0 amide bonds. The van der Waals surface area contributed by atoms with Crippen LogP contribution in [-0.2, 0) is 16.1 Å². The molecule has 0 aliphatic rings. The van der Waals surface area contributed by atoms with Gasteiger partial charge in [-0.3, -0.25) is 0 Å². The fourth-order valence-electron chi connectivity index (χ4n) is 6.56. The van der Waals surface area contributed by atoms with Crippen molar-refractivity contribution < 1.29 is 14.3 Å². The van der Waals surface area contributed by atoms with Gasteiger partial charge < -0.3 is 14.4 Å². The molecule has 0 unspecified atom stereocenters. The number of carbonyl (C=O) groups excluding carboxylic acids is 1. The molecule has 0 heterocycles. The molecule has 278 valence electrons. The molecule has 0 aliphatic heterocycles. The van der Waals surface area contributed by atoms with E-state index in [0.717, 1.165) is 44.9 Å². The molecule has 0 bridgehead atoms. The molecule has 0 atom stereocenters. The van der Waals surface area contributed by atoms with Crippen LogP contribution in [0.1, 0.15) is 38.9 Å². The highest BCUT2D eigenvalue weighted by Gasteiger charge is 2.13. The van der Waals surface area contributed by atoms with Crippen LogP contribution in [0.4, 0.5) is 21.9 Å². The first-order valence-corrected chi connectivity index (χ1v) is 18.9. The quantitative estimate of drug-likeness (QED) is 0.0871. The molecule has 0 radical (unpaired) electrons. The van der Waals surface area contributed by atoms with E-state index in [1.165, 1.54) is 29.4 Å². The molecule has 7 aromatic rings. The van der Waals surface area contributed by atoms with Gasteiger partial charge in [-0.05, 0) is 86.5 Å². The van der Waals surface area contributed by atoms with Gasteiger partial charge in [0.2, 0.25) is 0 Å². The van der Waals surface area contributed by atoms with Crippen LogP contribution in [0.2, 0.25) is 0 Å². The summed E-state index contributed by atoms with van der Waals surface area (Å²) < 4.78 is 9.81. The number of benzene rings is 7. The van der Waals surface area contributed by atoms with Crippen LogP contribution in [0, 0.1) is 0 Å². The minimum Gasteiger partial charge on any atom is -0.438 e. The molecular weight excluding hydrogens is 699 g/mol. The van der Waals surface area contributed by atoms with Crippen molar-refractivity contribution in [3.8, 4) is 0 Å². The highest BCUT2D eigenvalue weighted by Crippen LogP contribution is 2.35. The minimum atomic E-state index is -0.706. The van der Waals surface area contributed by atoms with Gasteiger partial charge in [0.05, 0.1) is 7.11 Å². The van der Waals surface area contributed by atoms with Gasteiger partial charge in [0.15, 0.2) is 0 Å². The molecule has 0 spiro atoms. The van der Waals surface area contributed by atoms with Crippen molar-refractivity contribution in [3.63, 3.8) is 0 Å². The second kappa shape index (κ2) is 19.2. The summed E-state index contributed by atoms with van der Waals surface area (Å²) in [6.07, 6.45) is 12.1. The van der Waals surface area contributed by atoms with Gasteiger partial charge in [-0.1, -0.05) is 194 Å².